The zero-order valence-corrected chi connectivity index (χ0v) is 20.7. The third-order valence-corrected chi connectivity index (χ3v) is 5.80. The number of hydrogen-bond acceptors (Lipinski definition) is 5. The molecule has 7 nitrogen and oxygen atoms in total. The maximum Gasteiger partial charge on any atom is 0.248 e. The number of aryl methyl sites for hydroxylation is 3. The summed E-state index contributed by atoms with van der Waals surface area (Å²) >= 11 is 11.0. The van der Waals surface area contributed by atoms with Crippen molar-refractivity contribution in [2.75, 3.05) is 21.2 Å². The lowest BCUT2D eigenvalue weighted by Crippen LogP contribution is -2.47. The Balaban J connectivity index is 1.94. The molecule has 0 aliphatic heterocycles. The van der Waals surface area contributed by atoms with Crippen LogP contribution in [0.4, 0.5) is 0 Å². The molecule has 0 saturated carbocycles. The minimum Gasteiger partial charge on any atom is -0.497 e. The number of hydrogen-bond donors (Lipinski definition) is 2. The maximum absolute atomic E-state index is 12.4. The third-order valence-electron chi connectivity index (χ3n) is 4.81. The average Bonchev–Trinajstić information content (AvgIpc) is 2.74. The topological polar surface area (TPSA) is 73.9 Å². The molecule has 9 heteroatoms. The molecule has 2 aromatic carbocycles. The summed E-state index contributed by atoms with van der Waals surface area (Å²) in [5.41, 5.74) is 9.88. The summed E-state index contributed by atoms with van der Waals surface area (Å²) in [6.07, 6.45) is -0.385. The number of ether oxygens (including phenoxy) is 1. The second-order valence-electron chi connectivity index (χ2n) is 7.47. The highest BCUT2D eigenvalue weighted by atomic mass is 32.1. The van der Waals surface area contributed by atoms with E-state index in [9.17, 15) is 9.59 Å². The first-order valence-electron chi connectivity index (χ1n) is 9.90. The van der Waals surface area contributed by atoms with Crippen LogP contribution in [0.15, 0.2) is 36.4 Å². The number of carbonyl (C=O) groups is 2. The Morgan fingerprint density at radius 2 is 1.31 bits per heavy atom. The molecule has 170 valence electrons. The van der Waals surface area contributed by atoms with Crippen LogP contribution in [0, 0.1) is 20.8 Å². The van der Waals surface area contributed by atoms with Crippen LogP contribution >= 0.6 is 24.4 Å². The molecule has 0 atom stereocenters. The SMILES string of the molecule is COc1ccc(C)c(C(=S)N(C)NC(=O)CC(=O)NN(C)C(=S)c2cc(C)ccc2C)c1. The van der Waals surface area contributed by atoms with Crippen molar-refractivity contribution in [3.05, 3.63) is 64.2 Å². The molecular weight excluding hydrogens is 444 g/mol. The van der Waals surface area contributed by atoms with Crippen LogP contribution in [-0.4, -0.2) is 53.0 Å². The third kappa shape index (κ3) is 6.48. The number of thiocarbonyl (C=S) groups is 2. The molecule has 0 aliphatic carbocycles. The van der Waals surface area contributed by atoms with E-state index >= 15 is 0 Å². The summed E-state index contributed by atoms with van der Waals surface area (Å²) in [7, 11) is 4.84. The van der Waals surface area contributed by atoms with Crippen LogP contribution in [-0.2, 0) is 9.59 Å². The minimum absolute atomic E-state index is 0.385. The van der Waals surface area contributed by atoms with Crippen LogP contribution in [0.2, 0.25) is 0 Å². The van der Waals surface area contributed by atoms with Gasteiger partial charge in [-0.05, 0) is 50.1 Å². The molecule has 0 fully saturated rings. The van der Waals surface area contributed by atoms with Crippen molar-refractivity contribution in [2.24, 2.45) is 0 Å². The summed E-state index contributed by atoms with van der Waals surface area (Å²) in [6, 6.07) is 11.5. The number of methoxy groups -OCH3 is 1. The van der Waals surface area contributed by atoms with E-state index in [-0.39, 0.29) is 6.42 Å². The number of carbonyl (C=O) groups excluding carboxylic acids is 2. The molecule has 2 N–H and O–H groups in total. The fourth-order valence-electron chi connectivity index (χ4n) is 2.99. The molecule has 2 aromatic rings. The highest BCUT2D eigenvalue weighted by Crippen LogP contribution is 2.18. The van der Waals surface area contributed by atoms with E-state index in [1.54, 1.807) is 27.3 Å². The fraction of sp³-hybridized carbons (Fsp3) is 0.304. The highest BCUT2D eigenvalue weighted by Gasteiger charge is 2.18. The molecule has 0 radical (unpaired) electrons. The van der Waals surface area contributed by atoms with Gasteiger partial charge in [0, 0.05) is 25.2 Å². The highest BCUT2D eigenvalue weighted by molar-refractivity contribution is 7.80. The Morgan fingerprint density at radius 1 is 0.844 bits per heavy atom. The second-order valence-corrected chi connectivity index (χ2v) is 8.25. The Kier molecular flexibility index (Phi) is 8.68. The first-order valence-corrected chi connectivity index (χ1v) is 10.7. The molecule has 0 aromatic heterocycles. The molecule has 2 rings (SSSR count). The molecule has 2 amide bonds. The molecule has 0 unspecified atom stereocenters. The van der Waals surface area contributed by atoms with Crippen LogP contribution in [0.1, 0.15) is 34.2 Å². The van der Waals surface area contributed by atoms with Crippen LogP contribution in [0.25, 0.3) is 0 Å². The first-order chi connectivity index (χ1) is 15.0. The van der Waals surface area contributed by atoms with Crippen molar-refractivity contribution in [3.63, 3.8) is 0 Å². The van der Waals surface area contributed by atoms with Crippen molar-refractivity contribution in [1.82, 2.24) is 20.9 Å². The quantitative estimate of drug-likeness (QED) is 0.394. The number of nitrogens with one attached hydrogen (secondary N) is 2. The van der Waals surface area contributed by atoms with Gasteiger partial charge in [-0.3, -0.25) is 30.5 Å². The lowest BCUT2D eigenvalue weighted by Gasteiger charge is -2.24. The van der Waals surface area contributed by atoms with Crippen molar-refractivity contribution < 1.29 is 14.3 Å². The summed E-state index contributed by atoms with van der Waals surface area (Å²) in [5.74, 6) is -0.330. The van der Waals surface area contributed by atoms with E-state index < -0.39 is 11.8 Å². The molecular formula is C23H28N4O3S2. The van der Waals surface area contributed by atoms with Gasteiger partial charge >= 0.3 is 0 Å². The van der Waals surface area contributed by atoms with Crippen molar-refractivity contribution in [1.29, 1.82) is 0 Å². The zero-order chi connectivity index (χ0) is 24.0. The number of nitrogens with zero attached hydrogens (tertiary/aromatic N) is 2. The summed E-state index contributed by atoms with van der Waals surface area (Å²) < 4.78 is 5.24. The van der Waals surface area contributed by atoms with Gasteiger partial charge < -0.3 is 4.74 Å². The summed E-state index contributed by atoms with van der Waals surface area (Å²) in [5, 5.41) is 2.86. The van der Waals surface area contributed by atoms with Crippen LogP contribution in [0.5, 0.6) is 5.75 Å². The van der Waals surface area contributed by atoms with Crippen LogP contribution < -0.4 is 15.6 Å². The number of hydrazine groups is 2. The fourth-order valence-corrected chi connectivity index (χ4v) is 3.52. The predicted octanol–water partition coefficient (Wildman–Crippen LogP) is 2.99. The zero-order valence-electron chi connectivity index (χ0n) is 19.1. The minimum atomic E-state index is -0.501. The van der Waals surface area contributed by atoms with Crippen molar-refractivity contribution >= 4 is 46.2 Å². The van der Waals surface area contributed by atoms with Gasteiger partial charge in [0.25, 0.3) is 0 Å². The van der Waals surface area contributed by atoms with Crippen LogP contribution in [0.3, 0.4) is 0 Å². The maximum atomic E-state index is 12.4. The van der Waals surface area contributed by atoms with E-state index in [1.807, 2.05) is 51.1 Å². The van der Waals surface area contributed by atoms with Gasteiger partial charge in [0.15, 0.2) is 0 Å². The Hall–Kier alpha value is -3.04. The predicted molar refractivity (Wildman–Crippen MR) is 133 cm³/mol. The second kappa shape index (κ2) is 11.0. The molecule has 0 heterocycles. The van der Waals surface area contributed by atoms with E-state index in [4.69, 9.17) is 29.2 Å². The number of amides is 2. The lowest BCUT2D eigenvalue weighted by atomic mass is 10.1. The molecule has 0 bridgehead atoms. The lowest BCUT2D eigenvalue weighted by molar-refractivity contribution is -0.132. The van der Waals surface area contributed by atoms with Gasteiger partial charge in [-0.1, -0.05) is 48.2 Å². The van der Waals surface area contributed by atoms with Gasteiger partial charge in [0.1, 0.15) is 22.1 Å². The first kappa shape index (κ1) is 25.2. The van der Waals surface area contributed by atoms with E-state index in [2.05, 4.69) is 10.9 Å². The average molecular weight is 473 g/mol. The Bertz CT molecular complexity index is 1060. The normalized spacial score (nSPS) is 10.2. The monoisotopic (exact) mass is 472 g/mol. The van der Waals surface area contributed by atoms with E-state index in [0.717, 1.165) is 27.8 Å². The largest absolute Gasteiger partial charge is 0.497 e. The van der Waals surface area contributed by atoms with Gasteiger partial charge in [-0.25, -0.2) is 0 Å². The Labute approximate surface area is 199 Å². The smallest absolute Gasteiger partial charge is 0.248 e. The molecule has 0 aliphatic rings. The van der Waals surface area contributed by atoms with Gasteiger partial charge in [0.05, 0.1) is 7.11 Å². The standard InChI is InChI=1S/C23H28N4O3S2/c1-14-7-8-15(2)18(11-14)22(31)26(4)24-20(28)13-21(29)25-27(5)23(32)19-12-17(30-6)10-9-16(19)3/h7-12H,13H2,1-6H3,(H,24,28)(H,25,29). The molecule has 0 saturated heterocycles. The van der Waals surface area contributed by atoms with Gasteiger partial charge in [-0.2, -0.15) is 0 Å². The van der Waals surface area contributed by atoms with Gasteiger partial charge in [0.2, 0.25) is 11.8 Å². The summed E-state index contributed by atoms with van der Waals surface area (Å²) in [6.45, 7) is 5.84. The van der Waals surface area contributed by atoms with Crippen molar-refractivity contribution in [3.8, 4) is 5.75 Å². The molecule has 32 heavy (non-hydrogen) atoms. The van der Waals surface area contributed by atoms with Crippen molar-refractivity contribution in [2.45, 2.75) is 27.2 Å². The Morgan fingerprint density at radius 3 is 1.81 bits per heavy atom. The molecule has 0 spiro atoms. The number of benzene rings is 2. The summed E-state index contributed by atoms with van der Waals surface area (Å²) in [4.78, 5) is 25.6. The van der Waals surface area contributed by atoms with E-state index in [1.165, 1.54) is 10.0 Å². The van der Waals surface area contributed by atoms with Gasteiger partial charge in [-0.15, -0.1) is 0 Å². The number of rotatable bonds is 5. The van der Waals surface area contributed by atoms with E-state index in [0.29, 0.717) is 15.7 Å².